The van der Waals surface area contributed by atoms with E-state index in [0.29, 0.717) is 24.1 Å². The molecule has 9 nitrogen and oxygen atoms in total. The first-order valence-corrected chi connectivity index (χ1v) is 9.66. The molecule has 2 aromatic rings. The number of carbonyl (C=O) groups is 4. The van der Waals surface area contributed by atoms with Crippen molar-refractivity contribution >= 4 is 29.3 Å². The highest BCUT2D eigenvalue weighted by atomic mass is 16.2. The Bertz CT molecular complexity index is 1030. The summed E-state index contributed by atoms with van der Waals surface area (Å²) in [5.74, 6) is -1.25. The van der Waals surface area contributed by atoms with Crippen LogP contribution in [0.25, 0.3) is 0 Å². The Kier molecular flexibility index (Phi) is 4.94. The first kappa shape index (κ1) is 19.6. The van der Waals surface area contributed by atoms with Crippen LogP contribution in [0.2, 0.25) is 0 Å². The fourth-order valence-corrected chi connectivity index (χ4v) is 4.00. The highest BCUT2D eigenvalue weighted by molar-refractivity contribution is 6.10. The Morgan fingerprint density at radius 3 is 2.63 bits per heavy atom. The normalized spacial score (nSPS) is 19.9. The van der Waals surface area contributed by atoms with Crippen LogP contribution >= 0.6 is 0 Å². The van der Waals surface area contributed by atoms with Crippen molar-refractivity contribution < 1.29 is 19.2 Å². The van der Waals surface area contributed by atoms with E-state index >= 15 is 0 Å². The van der Waals surface area contributed by atoms with Crippen molar-refractivity contribution in [3.63, 3.8) is 0 Å². The summed E-state index contributed by atoms with van der Waals surface area (Å²) in [6.07, 6.45) is 2.27. The molecule has 3 heterocycles. The van der Waals surface area contributed by atoms with Crippen molar-refractivity contribution in [2.24, 2.45) is 0 Å². The van der Waals surface area contributed by atoms with Gasteiger partial charge in [0.1, 0.15) is 11.4 Å². The number of rotatable bonds is 4. The summed E-state index contributed by atoms with van der Waals surface area (Å²) in [7, 11) is 0. The molecule has 0 radical (unpaired) electrons. The topological polar surface area (TPSA) is 112 Å². The molecule has 1 aromatic heterocycles. The molecule has 2 N–H and O–H groups in total. The number of nitrogens with zero attached hydrogens (tertiary/aromatic N) is 3. The van der Waals surface area contributed by atoms with E-state index in [9.17, 15) is 19.2 Å². The SMILES string of the molecule is CC12CCC(=O)N1c1ccccc1C(=O)N2CCC(=O)NNC(=O)c1ccccn1. The van der Waals surface area contributed by atoms with Gasteiger partial charge in [-0.05, 0) is 37.6 Å². The Morgan fingerprint density at radius 2 is 1.87 bits per heavy atom. The van der Waals surface area contributed by atoms with E-state index in [0.717, 1.165) is 0 Å². The monoisotopic (exact) mass is 407 g/mol. The van der Waals surface area contributed by atoms with Crippen LogP contribution in [0.1, 0.15) is 47.0 Å². The Hall–Kier alpha value is -3.75. The van der Waals surface area contributed by atoms with Gasteiger partial charge >= 0.3 is 0 Å². The maximum absolute atomic E-state index is 13.1. The average molecular weight is 407 g/mol. The molecule has 1 unspecified atom stereocenters. The molecule has 0 spiro atoms. The van der Waals surface area contributed by atoms with Gasteiger partial charge in [-0.3, -0.25) is 39.9 Å². The standard InChI is InChI=1S/C21H21N5O4/c1-21-11-9-18(28)26(21)16-8-3-2-6-14(16)20(30)25(21)13-10-17(27)23-24-19(29)15-7-4-5-12-22-15/h2-8,12H,9-11,13H2,1H3,(H,23,27)(H,24,29). The number of benzene rings is 1. The first-order chi connectivity index (χ1) is 14.4. The number of anilines is 1. The van der Waals surface area contributed by atoms with Crippen LogP contribution in [0.5, 0.6) is 0 Å². The lowest BCUT2D eigenvalue weighted by Crippen LogP contribution is -2.62. The van der Waals surface area contributed by atoms with Crippen LogP contribution in [-0.2, 0) is 9.59 Å². The molecule has 0 aliphatic carbocycles. The minimum absolute atomic E-state index is 0.0337. The number of carbonyl (C=O) groups excluding carboxylic acids is 4. The van der Waals surface area contributed by atoms with Crippen LogP contribution < -0.4 is 15.8 Å². The van der Waals surface area contributed by atoms with Crippen molar-refractivity contribution in [1.29, 1.82) is 0 Å². The predicted molar refractivity (Wildman–Crippen MR) is 107 cm³/mol. The van der Waals surface area contributed by atoms with E-state index in [1.165, 1.54) is 12.3 Å². The van der Waals surface area contributed by atoms with Gasteiger partial charge in [0.25, 0.3) is 11.8 Å². The van der Waals surface area contributed by atoms with E-state index in [2.05, 4.69) is 15.8 Å². The molecular formula is C21H21N5O4. The summed E-state index contributed by atoms with van der Waals surface area (Å²) >= 11 is 0. The van der Waals surface area contributed by atoms with Gasteiger partial charge in [0.2, 0.25) is 11.8 Å². The number of hydrogen-bond donors (Lipinski definition) is 2. The number of aromatic nitrogens is 1. The van der Waals surface area contributed by atoms with E-state index in [1.54, 1.807) is 46.2 Å². The smallest absolute Gasteiger partial charge is 0.288 e. The summed E-state index contributed by atoms with van der Waals surface area (Å²) < 4.78 is 0. The zero-order valence-corrected chi connectivity index (χ0v) is 16.4. The number of amides is 4. The van der Waals surface area contributed by atoms with Crippen molar-refractivity contribution in [3.8, 4) is 0 Å². The third kappa shape index (κ3) is 3.28. The third-order valence-electron chi connectivity index (χ3n) is 5.52. The highest BCUT2D eigenvalue weighted by Crippen LogP contribution is 2.43. The van der Waals surface area contributed by atoms with Gasteiger partial charge in [-0.15, -0.1) is 0 Å². The molecule has 1 atom stereocenters. The van der Waals surface area contributed by atoms with Gasteiger partial charge in [0, 0.05) is 25.6 Å². The first-order valence-electron chi connectivity index (χ1n) is 9.66. The number of hydrazine groups is 1. The molecule has 0 bridgehead atoms. The Morgan fingerprint density at radius 1 is 1.10 bits per heavy atom. The lowest BCUT2D eigenvalue weighted by atomic mass is 9.98. The van der Waals surface area contributed by atoms with Gasteiger partial charge in [0.05, 0.1) is 11.3 Å². The van der Waals surface area contributed by atoms with Crippen LogP contribution in [0.15, 0.2) is 48.7 Å². The molecule has 2 aliphatic heterocycles. The largest absolute Gasteiger partial charge is 0.315 e. The second-order valence-corrected chi connectivity index (χ2v) is 7.39. The number of para-hydroxylation sites is 1. The molecule has 154 valence electrons. The third-order valence-corrected chi connectivity index (χ3v) is 5.52. The highest BCUT2D eigenvalue weighted by Gasteiger charge is 2.52. The van der Waals surface area contributed by atoms with Gasteiger partial charge in [-0.25, -0.2) is 0 Å². The van der Waals surface area contributed by atoms with Crippen LogP contribution in [0, 0.1) is 0 Å². The van der Waals surface area contributed by atoms with Crippen LogP contribution in [0.4, 0.5) is 5.69 Å². The number of pyridine rings is 1. The molecule has 1 aromatic carbocycles. The van der Waals surface area contributed by atoms with Crippen molar-refractivity contribution in [2.75, 3.05) is 11.4 Å². The van der Waals surface area contributed by atoms with Crippen molar-refractivity contribution in [1.82, 2.24) is 20.7 Å². The van der Waals surface area contributed by atoms with E-state index < -0.39 is 17.5 Å². The van der Waals surface area contributed by atoms with Gasteiger partial charge in [-0.1, -0.05) is 18.2 Å². The summed E-state index contributed by atoms with van der Waals surface area (Å²) in [6.45, 7) is 1.95. The summed E-state index contributed by atoms with van der Waals surface area (Å²) in [6, 6.07) is 11.9. The zero-order valence-electron chi connectivity index (χ0n) is 16.4. The molecule has 9 heteroatoms. The summed E-state index contributed by atoms with van der Waals surface area (Å²) in [5, 5.41) is 0. The van der Waals surface area contributed by atoms with E-state index in [4.69, 9.17) is 0 Å². The maximum atomic E-state index is 13.1. The summed E-state index contributed by atoms with van der Waals surface area (Å²) in [4.78, 5) is 57.0. The molecular weight excluding hydrogens is 386 g/mol. The van der Waals surface area contributed by atoms with Gasteiger partial charge < -0.3 is 4.90 Å². The van der Waals surface area contributed by atoms with Crippen LogP contribution in [0.3, 0.4) is 0 Å². The zero-order chi connectivity index (χ0) is 21.3. The fourth-order valence-electron chi connectivity index (χ4n) is 4.00. The lowest BCUT2D eigenvalue weighted by Gasteiger charge is -2.48. The molecule has 4 rings (SSSR count). The Balaban J connectivity index is 1.44. The number of hydrogen-bond acceptors (Lipinski definition) is 5. The molecule has 0 saturated carbocycles. The molecule has 30 heavy (non-hydrogen) atoms. The predicted octanol–water partition coefficient (Wildman–Crippen LogP) is 1.23. The van der Waals surface area contributed by atoms with E-state index in [1.807, 2.05) is 6.92 Å². The lowest BCUT2D eigenvalue weighted by molar-refractivity contribution is -0.122. The maximum Gasteiger partial charge on any atom is 0.288 e. The van der Waals surface area contributed by atoms with Gasteiger partial charge in [0.15, 0.2) is 0 Å². The number of fused-ring (bicyclic) bond motifs is 3. The quantitative estimate of drug-likeness (QED) is 0.741. The van der Waals surface area contributed by atoms with Gasteiger partial charge in [-0.2, -0.15) is 0 Å². The molecule has 2 aliphatic rings. The second-order valence-electron chi connectivity index (χ2n) is 7.39. The molecule has 4 amide bonds. The number of nitrogens with one attached hydrogen (secondary N) is 2. The minimum atomic E-state index is -0.819. The summed E-state index contributed by atoms with van der Waals surface area (Å²) in [5.41, 5.74) is 5.05. The molecule has 1 saturated heterocycles. The molecule has 1 fully saturated rings. The van der Waals surface area contributed by atoms with Crippen LogP contribution in [-0.4, -0.2) is 45.7 Å². The Labute approximate surface area is 173 Å². The van der Waals surface area contributed by atoms with Crippen molar-refractivity contribution in [3.05, 3.63) is 59.9 Å². The minimum Gasteiger partial charge on any atom is -0.315 e. The van der Waals surface area contributed by atoms with E-state index in [-0.39, 0.29) is 30.5 Å². The second kappa shape index (κ2) is 7.58. The fraction of sp³-hybridized carbons (Fsp3) is 0.286. The average Bonchev–Trinajstić information content (AvgIpc) is 3.07. The van der Waals surface area contributed by atoms with Crippen molar-refractivity contribution in [2.45, 2.75) is 31.8 Å².